The van der Waals surface area contributed by atoms with Crippen molar-refractivity contribution in [2.45, 2.75) is 6.92 Å². The number of thiazole rings is 1. The Hall–Kier alpha value is -0.960. The van der Waals surface area contributed by atoms with E-state index >= 15 is 0 Å². The van der Waals surface area contributed by atoms with E-state index in [9.17, 15) is 0 Å². The first-order chi connectivity index (χ1) is 8.26. The first-order valence-electron chi connectivity index (χ1n) is 4.33. The van der Waals surface area contributed by atoms with Gasteiger partial charge in [-0.05, 0) is 33.0 Å². The summed E-state index contributed by atoms with van der Waals surface area (Å²) in [5.74, 6) is 5.97. The molecular weight excluding hydrogens is 367 g/mol. The van der Waals surface area contributed by atoms with Gasteiger partial charge in [0.25, 0.3) is 0 Å². The standard InChI is InChI=1S/C6H5NO.C5H2INS2/c1-3-6-4-5(2)8-7-6;6-9-2-1-5-3-8-4-7-5/h1,4H,2H3;3-4H. The molecule has 17 heavy (non-hydrogen) atoms. The minimum absolute atomic E-state index is 0.558. The molecule has 2 aromatic heterocycles. The fraction of sp³-hybridized carbons (Fsp3) is 0.0909. The Kier molecular flexibility index (Phi) is 6.78. The summed E-state index contributed by atoms with van der Waals surface area (Å²) in [5.41, 5.74) is 3.20. The number of nitrogens with zero attached hydrogens (tertiary/aromatic N) is 2. The van der Waals surface area contributed by atoms with Crippen molar-refractivity contribution in [1.29, 1.82) is 0 Å². The zero-order chi connectivity index (χ0) is 12.5. The predicted molar refractivity (Wildman–Crippen MR) is 79.8 cm³/mol. The molecule has 0 unspecified atom stereocenters. The van der Waals surface area contributed by atoms with Crippen LogP contribution in [-0.4, -0.2) is 10.1 Å². The molecule has 0 aliphatic carbocycles. The third kappa shape index (κ3) is 5.78. The molecule has 0 amide bonds. The quantitative estimate of drug-likeness (QED) is 0.523. The molecule has 0 spiro atoms. The molecule has 0 aliphatic rings. The SMILES string of the molecule is C#Cc1cc(C)on1.ISC#Cc1cscn1. The van der Waals surface area contributed by atoms with Gasteiger partial charge in [-0.25, -0.2) is 4.98 Å². The van der Waals surface area contributed by atoms with E-state index in [1.54, 1.807) is 29.8 Å². The Morgan fingerprint density at radius 2 is 2.35 bits per heavy atom. The Morgan fingerprint density at radius 3 is 2.76 bits per heavy atom. The summed E-state index contributed by atoms with van der Waals surface area (Å²) < 4.78 is 4.66. The van der Waals surface area contributed by atoms with Crippen molar-refractivity contribution in [3.63, 3.8) is 0 Å². The van der Waals surface area contributed by atoms with Gasteiger partial charge in [0.15, 0.2) is 5.69 Å². The van der Waals surface area contributed by atoms with Crippen molar-refractivity contribution in [3.8, 4) is 23.5 Å². The van der Waals surface area contributed by atoms with E-state index in [1.807, 2.05) is 5.38 Å². The molecule has 2 rings (SSSR count). The summed E-state index contributed by atoms with van der Waals surface area (Å²) in [6.07, 6.45) is 4.99. The third-order valence-corrected chi connectivity index (χ3v) is 2.85. The zero-order valence-electron chi connectivity index (χ0n) is 8.81. The highest BCUT2D eigenvalue weighted by Gasteiger charge is 1.91. The monoisotopic (exact) mass is 374 g/mol. The van der Waals surface area contributed by atoms with Gasteiger partial charge in [0.05, 0.1) is 5.51 Å². The second-order valence-corrected chi connectivity index (χ2v) is 5.04. The van der Waals surface area contributed by atoms with Gasteiger partial charge in [-0.15, -0.1) is 17.8 Å². The van der Waals surface area contributed by atoms with Crippen LogP contribution in [0.1, 0.15) is 17.1 Å². The van der Waals surface area contributed by atoms with Crippen LogP contribution in [0.25, 0.3) is 0 Å². The van der Waals surface area contributed by atoms with E-state index in [2.05, 4.69) is 53.0 Å². The summed E-state index contributed by atoms with van der Waals surface area (Å²) >= 11 is 3.70. The van der Waals surface area contributed by atoms with E-state index in [0.717, 1.165) is 11.5 Å². The van der Waals surface area contributed by atoms with Crippen molar-refractivity contribution in [1.82, 2.24) is 10.1 Å². The Balaban J connectivity index is 0.000000171. The second kappa shape index (κ2) is 8.18. The highest BCUT2D eigenvalue weighted by Crippen LogP contribution is 2.08. The van der Waals surface area contributed by atoms with E-state index < -0.39 is 0 Å². The molecule has 0 N–H and O–H groups in total. The lowest BCUT2D eigenvalue weighted by Gasteiger charge is -1.70. The molecule has 0 saturated carbocycles. The molecule has 86 valence electrons. The largest absolute Gasteiger partial charge is 0.360 e. The number of terminal acetylenes is 1. The number of aryl methyl sites for hydroxylation is 1. The molecule has 0 aromatic carbocycles. The topological polar surface area (TPSA) is 38.9 Å². The van der Waals surface area contributed by atoms with Gasteiger partial charge in [-0.2, -0.15) is 0 Å². The number of halogens is 1. The van der Waals surface area contributed by atoms with Gasteiger partial charge in [-0.3, -0.25) is 0 Å². The Morgan fingerprint density at radius 1 is 1.53 bits per heavy atom. The minimum Gasteiger partial charge on any atom is -0.360 e. The number of hydrogen-bond acceptors (Lipinski definition) is 5. The Labute approximate surface area is 120 Å². The fourth-order valence-corrected chi connectivity index (χ4v) is 1.74. The van der Waals surface area contributed by atoms with Crippen LogP contribution in [-0.2, 0) is 0 Å². The molecule has 6 heteroatoms. The van der Waals surface area contributed by atoms with Gasteiger partial charge < -0.3 is 4.52 Å². The fourth-order valence-electron chi connectivity index (χ4n) is 0.780. The second-order valence-electron chi connectivity index (χ2n) is 2.65. The molecular formula is C11H7IN2OS2. The molecule has 0 radical (unpaired) electrons. The normalized spacial score (nSPS) is 8.29. The summed E-state index contributed by atoms with van der Waals surface area (Å²) in [4.78, 5) is 3.98. The predicted octanol–water partition coefficient (Wildman–Crippen LogP) is 3.50. The average Bonchev–Trinajstić information content (AvgIpc) is 2.98. The van der Waals surface area contributed by atoms with Crippen LogP contribution in [0.5, 0.6) is 0 Å². The van der Waals surface area contributed by atoms with Crippen molar-refractivity contribution >= 4 is 41.5 Å². The minimum atomic E-state index is 0.558. The number of rotatable bonds is 0. The van der Waals surface area contributed by atoms with Gasteiger partial charge in [0, 0.05) is 32.7 Å². The van der Waals surface area contributed by atoms with E-state index in [-0.39, 0.29) is 0 Å². The highest BCUT2D eigenvalue weighted by molar-refractivity contribution is 14.2. The number of hydrogen-bond donors (Lipinski definition) is 0. The van der Waals surface area contributed by atoms with Crippen LogP contribution >= 0.6 is 41.5 Å². The maximum atomic E-state index is 4.99. The lowest BCUT2D eigenvalue weighted by molar-refractivity contribution is 0.396. The number of aromatic nitrogens is 2. The summed E-state index contributed by atoms with van der Waals surface area (Å²) in [5, 5.41) is 8.30. The van der Waals surface area contributed by atoms with Gasteiger partial charge in [0.2, 0.25) is 0 Å². The van der Waals surface area contributed by atoms with Crippen LogP contribution in [0.3, 0.4) is 0 Å². The molecule has 0 saturated heterocycles. The molecule has 2 aromatic rings. The first-order valence-corrected chi connectivity index (χ1v) is 8.63. The summed E-state index contributed by atoms with van der Waals surface area (Å²) in [6.45, 7) is 1.80. The van der Waals surface area contributed by atoms with Crippen LogP contribution in [0, 0.1) is 30.4 Å². The van der Waals surface area contributed by atoms with Gasteiger partial charge in [-0.1, -0.05) is 5.16 Å². The van der Waals surface area contributed by atoms with Crippen LogP contribution < -0.4 is 0 Å². The highest BCUT2D eigenvalue weighted by atomic mass is 127. The van der Waals surface area contributed by atoms with Crippen LogP contribution in [0.4, 0.5) is 0 Å². The summed E-state index contributed by atoms with van der Waals surface area (Å²) in [7, 11) is 1.47. The molecule has 0 atom stereocenters. The lowest BCUT2D eigenvalue weighted by atomic mass is 10.4. The van der Waals surface area contributed by atoms with Crippen molar-refractivity contribution < 1.29 is 4.52 Å². The van der Waals surface area contributed by atoms with Gasteiger partial charge in [0.1, 0.15) is 11.5 Å². The van der Waals surface area contributed by atoms with E-state index in [4.69, 9.17) is 6.42 Å². The Bertz CT molecular complexity index is 546. The lowest BCUT2D eigenvalue weighted by Crippen LogP contribution is -1.66. The van der Waals surface area contributed by atoms with Gasteiger partial charge >= 0.3 is 0 Å². The van der Waals surface area contributed by atoms with Crippen molar-refractivity contribution in [3.05, 3.63) is 34.1 Å². The van der Waals surface area contributed by atoms with Crippen molar-refractivity contribution in [2.24, 2.45) is 0 Å². The van der Waals surface area contributed by atoms with Crippen LogP contribution in [0.15, 0.2) is 21.5 Å². The van der Waals surface area contributed by atoms with E-state index in [1.165, 1.54) is 8.93 Å². The van der Waals surface area contributed by atoms with E-state index in [0.29, 0.717) is 5.69 Å². The molecule has 3 nitrogen and oxygen atoms in total. The van der Waals surface area contributed by atoms with Crippen LogP contribution in [0.2, 0.25) is 0 Å². The first kappa shape index (κ1) is 14.1. The summed E-state index contributed by atoms with van der Waals surface area (Å²) in [6, 6.07) is 1.71. The third-order valence-electron chi connectivity index (χ3n) is 1.43. The molecule has 0 fully saturated rings. The smallest absolute Gasteiger partial charge is 0.156 e. The molecule has 0 aliphatic heterocycles. The maximum absolute atomic E-state index is 4.99. The maximum Gasteiger partial charge on any atom is 0.156 e. The molecule has 0 bridgehead atoms. The molecule has 2 heterocycles. The average molecular weight is 374 g/mol. The zero-order valence-corrected chi connectivity index (χ0v) is 12.6. The van der Waals surface area contributed by atoms with Crippen molar-refractivity contribution in [2.75, 3.05) is 0 Å².